The topological polar surface area (TPSA) is 49.4 Å². The van der Waals surface area contributed by atoms with Crippen molar-refractivity contribution in [2.24, 2.45) is 5.92 Å². The van der Waals surface area contributed by atoms with Crippen molar-refractivity contribution in [2.45, 2.75) is 39.3 Å². The summed E-state index contributed by atoms with van der Waals surface area (Å²) >= 11 is 0. The van der Waals surface area contributed by atoms with Crippen LogP contribution in [0.5, 0.6) is 0 Å². The summed E-state index contributed by atoms with van der Waals surface area (Å²) in [7, 11) is -3.13. The number of rotatable bonds is 5. The molecule has 1 aliphatic rings. The Labute approximate surface area is 132 Å². The monoisotopic (exact) mass is 328 g/mol. The van der Waals surface area contributed by atoms with Crippen LogP contribution in [0, 0.1) is 18.7 Å². The Morgan fingerprint density at radius 3 is 2.77 bits per heavy atom. The zero-order valence-electron chi connectivity index (χ0n) is 13.5. The Morgan fingerprint density at radius 2 is 2.14 bits per heavy atom. The molecule has 1 aromatic carbocycles. The summed E-state index contributed by atoms with van der Waals surface area (Å²) in [4.78, 5) is 0. The van der Waals surface area contributed by atoms with E-state index in [1.54, 1.807) is 10.4 Å². The van der Waals surface area contributed by atoms with Crippen LogP contribution < -0.4 is 5.32 Å². The van der Waals surface area contributed by atoms with E-state index in [1.807, 2.05) is 13.0 Å². The number of hydrogen-bond acceptors (Lipinski definition) is 3. The number of benzene rings is 1. The van der Waals surface area contributed by atoms with Gasteiger partial charge in [0.15, 0.2) is 0 Å². The largest absolute Gasteiger partial charge is 0.309 e. The van der Waals surface area contributed by atoms with E-state index in [0.717, 1.165) is 18.4 Å². The molecule has 22 heavy (non-hydrogen) atoms. The first-order valence-corrected chi connectivity index (χ1v) is 9.59. The molecule has 0 unspecified atom stereocenters. The number of halogens is 1. The van der Waals surface area contributed by atoms with Crippen LogP contribution in [0.15, 0.2) is 18.2 Å². The van der Waals surface area contributed by atoms with Gasteiger partial charge < -0.3 is 5.32 Å². The van der Waals surface area contributed by atoms with Crippen LogP contribution in [0.2, 0.25) is 0 Å². The van der Waals surface area contributed by atoms with E-state index >= 15 is 0 Å². The summed E-state index contributed by atoms with van der Waals surface area (Å²) in [5.41, 5.74) is 1.71. The van der Waals surface area contributed by atoms with Gasteiger partial charge in [-0.3, -0.25) is 0 Å². The van der Waals surface area contributed by atoms with E-state index in [0.29, 0.717) is 25.2 Å². The van der Waals surface area contributed by atoms with Crippen LogP contribution in [0.25, 0.3) is 0 Å². The summed E-state index contributed by atoms with van der Waals surface area (Å²) in [5.74, 6) is 0.0658. The first-order valence-electron chi connectivity index (χ1n) is 7.74. The third-order valence-corrected chi connectivity index (χ3v) is 5.72. The van der Waals surface area contributed by atoms with Gasteiger partial charge in [0, 0.05) is 31.2 Å². The molecule has 6 heteroatoms. The van der Waals surface area contributed by atoms with Crippen molar-refractivity contribution in [1.29, 1.82) is 0 Å². The van der Waals surface area contributed by atoms with Gasteiger partial charge in [0.05, 0.1) is 6.26 Å². The standard InChI is InChI=1S/C16H25FN2O2S/c1-4-13-11-19(22(3,20)21)8-7-16(13)18-10-14-9-12(2)5-6-15(14)17/h5-6,9,13,16,18H,4,7-8,10-11H2,1-3H3/t13-,16-/m1/s1. The lowest BCUT2D eigenvalue weighted by Crippen LogP contribution is -2.50. The second-order valence-electron chi connectivity index (χ2n) is 6.16. The van der Waals surface area contributed by atoms with E-state index in [1.165, 1.54) is 12.3 Å². The Balaban J connectivity index is 1.99. The molecular weight excluding hydrogens is 303 g/mol. The summed E-state index contributed by atoms with van der Waals surface area (Å²) in [6, 6.07) is 5.34. The predicted molar refractivity (Wildman–Crippen MR) is 86.6 cm³/mol. The SMILES string of the molecule is CC[C@@H]1CN(S(C)(=O)=O)CC[C@H]1NCc1cc(C)ccc1F. The lowest BCUT2D eigenvalue weighted by molar-refractivity contribution is 0.201. The second kappa shape index (κ2) is 7.06. The van der Waals surface area contributed by atoms with Crippen molar-refractivity contribution < 1.29 is 12.8 Å². The number of nitrogens with one attached hydrogen (secondary N) is 1. The van der Waals surface area contributed by atoms with Gasteiger partial charge in [0.1, 0.15) is 5.82 Å². The molecule has 0 aromatic heterocycles. The fourth-order valence-electron chi connectivity index (χ4n) is 3.06. The maximum atomic E-state index is 13.8. The molecule has 1 heterocycles. The number of hydrogen-bond donors (Lipinski definition) is 1. The van der Waals surface area contributed by atoms with Crippen molar-refractivity contribution in [1.82, 2.24) is 9.62 Å². The average molecular weight is 328 g/mol. The number of piperidine rings is 1. The van der Waals surface area contributed by atoms with E-state index in [-0.39, 0.29) is 17.8 Å². The zero-order valence-corrected chi connectivity index (χ0v) is 14.3. The summed E-state index contributed by atoms with van der Waals surface area (Å²) in [5, 5.41) is 3.42. The first-order chi connectivity index (χ1) is 10.3. The van der Waals surface area contributed by atoms with Gasteiger partial charge >= 0.3 is 0 Å². The fraction of sp³-hybridized carbons (Fsp3) is 0.625. The van der Waals surface area contributed by atoms with Crippen LogP contribution in [0.4, 0.5) is 4.39 Å². The van der Waals surface area contributed by atoms with Gasteiger partial charge in [-0.25, -0.2) is 17.1 Å². The smallest absolute Gasteiger partial charge is 0.211 e. The molecule has 1 aliphatic heterocycles. The minimum Gasteiger partial charge on any atom is -0.309 e. The minimum absolute atomic E-state index is 0.195. The first kappa shape index (κ1) is 17.4. The normalized spacial score (nSPS) is 23.6. The fourth-order valence-corrected chi connectivity index (χ4v) is 3.96. The van der Waals surface area contributed by atoms with Crippen molar-refractivity contribution in [2.75, 3.05) is 19.3 Å². The third kappa shape index (κ3) is 4.27. The molecule has 0 spiro atoms. The predicted octanol–water partition coefficient (Wildman–Crippen LogP) is 2.28. The molecule has 0 bridgehead atoms. The molecule has 1 aromatic rings. The lowest BCUT2D eigenvalue weighted by Gasteiger charge is -2.37. The van der Waals surface area contributed by atoms with E-state index in [2.05, 4.69) is 12.2 Å². The Hall–Kier alpha value is -0.980. The lowest BCUT2D eigenvalue weighted by atomic mass is 9.91. The molecule has 1 saturated heterocycles. The Morgan fingerprint density at radius 1 is 1.41 bits per heavy atom. The molecular formula is C16H25FN2O2S. The molecule has 2 rings (SSSR count). The molecule has 2 atom stereocenters. The van der Waals surface area contributed by atoms with Gasteiger partial charge in [-0.2, -0.15) is 0 Å². The van der Waals surface area contributed by atoms with Crippen LogP contribution in [0.3, 0.4) is 0 Å². The molecule has 0 amide bonds. The maximum Gasteiger partial charge on any atom is 0.211 e. The van der Waals surface area contributed by atoms with Crippen LogP contribution in [-0.2, 0) is 16.6 Å². The number of nitrogens with zero attached hydrogens (tertiary/aromatic N) is 1. The van der Waals surface area contributed by atoms with Crippen LogP contribution in [-0.4, -0.2) is 38.1 Å². The van der Waals surface area contributed by atoms with Crippen molar-refractivity contribution in [3.8, 4) is 0 Å². The van der Waals surface area contributed by atoms with Gasteiger partial charge in [-0.05, 0) is 25.3 Å². The third-order valence-electron chi connectivity index (χ3n) is 4.45. The highest BCUT2D eigenvalue weighted by atomic mass is 32.2. The molecule has 0 saturated carbocycles. The van der Waals surface area contributed by atoms with Gasteiger partial charge in [0.25, 0.3) is 0 Å². The highest BCUT2D eigenvalue weighted by Crippen LogP contribution is 2.22. The highest BCUT2D eigenvalue weighted by molar-refractivity contribution is 7.88. The Bertz CT molecular complexity index is 619. The van der Waals surface area contributed by atoms with Crippen LogP contribution in [0.1, 0.15) is 30.9 Å². The van der Waals surface area contributed by atoms with E-state index in [4.69, 9.17) is 0 Å². The molecule has 124 valence electrons. The van der Waals surface area contributed by atoms with Crippen molar-refractivity contribution in [3.05, 3.63) is 35.1 Å². The van der Waals surface area contributed by atoms with Gasteiger partial charge in [-0.15, -0.1) is 0 Å². The number of sulfonamides is 1. The minimum atomic E-state index is -3.13. The van der Waals surface area contributed by atoms with E-state index in [9.17, 15) is 12.8 Å². The molecule has 0 radical (unpaired) electrons. The molecule has 0 aliphatic carbocycles. The number of aryl methyl sites for hydroxylation is 1. The van der Waals surface area contributed by atoms with Gasteiger partial charge in [-0.1, -0.05) is 31.0 Å². The molecule has 1 N–H and O–H groups in total. The highest BCUT2D eigenvalue weighted by Gasteiger charge is 2.31. The summed E-state index contributed by atoms with van der Waals surface area (Å²) in [6.45, 7) is 5.57. The van der Waals surface area contributed by atoms with E-state index < -0.39 is 10.0 Å². The summed E-state index contributed by atoms with van der Waals surface area (Å²) in [6.07, 6.45) is 2.93. The second-order valence-corrected chi connectivity index (χ2v) is 8.14. The van der Waals surface area contributed by atoms with Crippen molar-refractivity contribution in [3.63, 3.8) is 0 Å². The zero-order chi connectivity index (χ0) is 16.3. The maximum absolute atomic E-state index is 13.8. The Kier molecular flexibility index (Phi) is 5.58. The molecule has 1 fully saturated rings. The van der Waals surface area contributed by atoms with Crippen molar-refractivity contribution >= 4 is 10.0 Å². The average Bonchev–Trinajstić information content (AvgIpc) is 2.47. The quantitative estimate of drug-likeness (QED) is 0.902. The van der Waals surface area contributed by atoms with Gasteiger partial charge in [0.2, 0.25) is 10.0 Å². The van der Waals surface area contributed by atoms with Crippen LogP contribution >= 0.6 is 0 Å². The molecule has 4 nitrogen and oxygen atoms in total. The summed E-state index contributed by atoms with van der Waals surface area (Å²) < 4.78 is 38.7.